The standard InChI is InChI=1S/C9H12ClN3O/c1-4-13(3)9-7(5-14)8(10)11-6(2)12-9/h5H,4H2,1-3H3. The average molecular weight is 214 g/mol. The fourth-order valence-electron chi connectivity index (χ4n) is 1.08. The van der Waals surface area contributed by atoms with Crippen LogP contribution in [0.25, 0.3) is 0 Å². The van der Waals surface area contributed by atoms with Crippen LogP contribution in [0.2, 0.25) is 5.15 Å². The molecule has 0 bridgehead atoms. The molecule has 0 aliphatic heterocycles. The zero-order valence-corrected chi connectivity index (χ0v) is 9.17. The van der Waals surface area contributed by atoms with E-state index in [1.807, 2.05) is 18.9 Å². The molecule has 76 valence electrons. The molecule has 4 nitrogen and oxygen atoms in total. The Balaban J connectivity index is 3.31. The number of carbonyl (C=O) groups is 1. The molecule has 0 fully saturated rings. The van der Waals surface area contributed by atoms with Gasteiger partial charge in [0.05, 0.1) is 5.56 Å². The van der Waals surface area contributed by atoms with Crippen molar-refractivity contribution in [3.05, 3.63) is 16.5 Å². The second-order valence-corrected chi connectivity index (χ2v) is 3.29. The predicted molar refractivity (Wildman–Crippen MR) is 56.1 cm³/mol. The first-order chi connectivity index (χ1) is 6.60. The molecule has 0 radical (unpaired) electrons. The molecule has 1 rings (SSSR count). The molecule has 1 aromatic heterocycles. The minimum atomic E-state index is 0.211. The molecule has 0 amide bonds. The summed E-state index contributed by atoms with van der Waals surface area (Å²) in [4.78, 5) is 20.7. The van der Waals surface area contributed by atoms with Gasteiger partial charge in [0.15, 0.2) is 6.29 Å². The monoisotopic (exact) mass is 213 g/mol. The van der Waals surface area contributed by atoms with Gasteiger partial charge in [0, 0.05) is 13.6 Å². The van der Waals surface area contributed by atoms with Gasteiger partial charge in [-0.05, 0) is 13.8 Å². The Morgan fingerprint density at radius 3 is 2.64 bits per heavy atom. The number of halogens is 1. The van der Waals surface area contributed by atoms with Crippen LogP contribution in [0.4, 0.5) is 5.82 Å². The van der Waals surface area contributed by atoms with Crippen LogP contribution in [-0.4, -0.2) is 29.8 Å². The Morgan fingerprint density at radius 2 is 2.14 bits per heavy atom. The Labute approximate surface area is 87.9 Å². The fourth-order valence-corrected chi connectivity index (χ4v) is 1.33. The lowest BCUT2D eigenvalue weighted by atomic mass is 10.3. The summed E-state index contributed by atoms with van der Waals surface area (Å²) in [6.07, 6.45) is 0.684. The van der Waals surface area contributed by atoms with Crippen molar-refractivity contribution < 1.29 is 4.79 Å². The van der Waals surface area contributed by atoms with E-state index in [1.165, 1.54) is 0 Å². The first-order valence-corrected chi connectivity index (χ1v) is 4.68. The number of aryl methyl sites for hydroxylation is 1. The summed E-state index contributed by atoms with van der Waals surface area (Å²) in [6.45, 7) is 4.47. The number of carbonyl (C=O) groups excluding carboxylic acids is 1. The molecule has 0 atom stereocenters. The third-order valence-electron chi connectivity index (χ3n) is 1.94. The SMILES string of the molecule is CCN(C)c1nc(C)nc(Cl)c1C=O. The smallest absolute Gasteiger partial charge is 0.156 e. The van der Waals surface area contributed by atoms with Crippen molar-refractivity contribution in [2.24, 2.45) is 0 Å². The molecule has 0 saturated carbocycles. The molecule has 0 saturated heterocycles. The summed E-state index contributed by atoms with van der Waals surface area (Å²) < 4.78 is 0. The summed E-state index contributed by atoms with van der Waals surface area (Å²) in [7, 11) is 1.85. The zero-order valence-electron chi connectivity index (χ0n) is 8.41. The maximum Gasteiger partial charge on any atom is 0.156 e. The first-order valence-electron chi connectivity index (χ1n) is 4.30. The van der Waals surface area contributed by atoms with E-state index >= 15 is 0 Å². The van der Waals surface area contributed by atoms with E-state index in [2.05, 4.69) is 9.97 Å². The van der Waals surface area contributed by atoms with E-state index in [-0.39, 0.29) is 5.15 Å². The van der Waals surface area contributed by atoms with Gasteiger partial charge < -0.3 is 4.90 Å². The van der Waals surface area contributed by atoms with Crippen LogP contribution < -0.4 is 4.90 Å². The van der Waals surface area contributed by atoms with E-state index in [9.17, 15) is 4.79 Å². The van der Waals surface area contributed by atoms with E-state index in [0.717, 1.165) is 6.54 Å². The Hall–Kier alpha value is -1.16. The molecule has 1 aromatic rings. The Morgan fingerprint density at radius 1 is 1.50 bits per heavy atom. The third-order valence-corrected chi connectivity index (χ3v) is 2.23. The average Bonchev–Trinajstić information content (AvgIpc) is 2.15. The van der Waals surface area contributed by atoms with Crippen molar-refractivity contribution >= 4 is 23.7 Å². The number of aldehydes is 1. The number of hydrogen-bond donors (Lipinski definition) is 0. The fraction of sp³-hybridized carbons (Fsp3) is 0.444. The Kier molecular flexibility index (Phi) is 3.41. The second-order valence-electron chi connectivity index (χ2n) is 2.93. The maximum absolute atomic E-state index is 10.8. The van der Waals surface area contributed by atoms with Gasteiger partial charge in [0.2, 0.25) is 0 Å². The van der Waals surface area contributed by atoms with Crippen LogP contribution in [0.15, 0.2) is 0 Å². The van der Waals surface area contributed by atoms with Gasteiger partial charge >= 0.3 is 0 Å². The number of hydrogen-bond acceptors (Lipinski definition) is 4. The van der Waals surface area contributed by atoms with Crippen molar-refractivity contribution in [1.29, 1.82) is 0 Å². The van der Waals surface area contributed by atoms with E-state index < -0.39 is 0 Å². The summed E-state index contributed by atoms with van der Waals surface area (Å²) in [5, 5.41) is 0.211. The largest absolute Gasteiger partial charge is 0.359 e. The minimum absolute atomic E-state index is 0.211. The number of aromatic nitrogens is 2. The second kappa shape index (κ2) is 4.37. The molecule has 0 N–H and O–H groups in total. The van der Waals surface area contributed by atoms with Crippen molar-refractivity contribution in [3.63, 3.8) is 0 Å². The normalized spacial score (nSPS) is 10.0. The Bertz CT molecular complexity index is 354. The van der Waals surface area contributed by atoms with E-state index in [4.69, 9.17) is 11.6 Å². The van der Waals surface area contributed by atoms with Crippen LogP contribution in [-0.2, 0) is 0 Å². The molecule has 14 heavy (non-hydrogen) atoms. The molecule has 0 aliphatic carbocycles. The lowest BCUT2D eigenvalue weighted by Gasteiger charge is -2.17. The third kappa shape index (κ3) is 2.01. The summed E-state index contributed by atoms with van der Waals surface area (Å²) in [5.41, 5.74) is 0.349. The van der Waals surface area contributed by atoms with Crippen molar-refractivity contribution in [2.45, 2.75) is 13.8 Å². The molecule has 0 spiro atoms. The van der Waals surface area contributed by atoms with Crippen molar-refractivity contribution in [3.8, 4) is 0 Å². The van der Waals surface area contributed by atoms with Gasteiger partial charge in [-0.3, -0.25) is 4.79 Å². The van der Waals surface area contributed by atoms with Crippen LogP contribution in [0.3, 0.4) is 0 Å². The maximum atomic E-state index is 10.8. The highest BCUT2D eigenvalue weighted by molar-refractivity contribution is 6.32. The highest BCUT2D eigenvalue weighted by Gasteiger charge is 2.13. The topological polar surface area (TPSA) is 46.1 Å². The molecule has 0 aromatic carbocycles. The predicted octanol–water partition coefficient (Wildman–Crippen LogP) is 1.71. The van der Waals surface area contributed by atoms with Gasteiger partial charge in [0.25, 0.3) is 0 Å². The number of nitrogens with zero attached hydrogens (tertiary/aromatic N) is 3. The highest BCUT2D eigenvalue weighted by atomic mass is 35.5. The van der Waals surface area contributed by atoms with Crippen molar-refractivity contribution in [1.82, 2.24) is 9.97 Å². The van der Waals surface area contributed by atoms with Crippen molar-refractivity contribution in [2.75, 3.05) is 18.5 Å². The van der Waals surface area contributed by atoms with Gasteiger partial charge in [-0.1, -0.05) is 11.6 Å². The summed E-state index contributed by atoms with van der Waals surface area (Å²) >= 11 is 5.83. The zero-order chi connectivity index (χ0) is 10.7. The number of rotatable bonds is 3. The minimum Gasteiger partial charge on any atom is -0.359 e. The molecule has 1 heterocycles. The van der Waals surface area contributed by atoms with E-state index in [0.29, 0.717) is 23.5 Å². The molecule has 5 heteroatoms. The molecular weight excluding hydrogens is 202 g/mol. The summed E-state index contributed by atoms with van der Waals surface area (Å²) in [6, 6.07) is 0. The first kappa shape index (κ1) is 10.9. The van der Waals surface area contributed by atoms with Gasteiger partial charge in [0.1, 0.15) is 16.8 Å². The lowest BCUT2D eigenvalue weighted by molar-refractivity contribution is 0.112. The van der Waals surface area contributed by atoms with Crippen LogP contribution in [0.5, 0.6) is 0 Å². The lowest BCUT2D eigenvalue weighted by Crippen LogP contribution is -2.20. The van der Waals surface area contributed by atoms with Crippen LogP contribution >= 0.6 is 11.6 Å². The van der Waals surface area contributed by atoms with Gasteiger partial charge in [-0.15, -0.1) is 0 Å². The van der Waals surface area contributed by atoms with Crippen LogP contribution in [0, 0.1) is 6.92 Å². The van der Waals surface area contributed by atoms with Gasteiger partial charge in [-0.25, -0.2) is 9.97 Å². The quantitative estimate of drug-likeness (QED) is 0.567. The molecule has 0 unspecified atom stereocenters. The molecular formula is C9H12ClN3O. The van der Waals surface area contributed by atoms with Crippen LogP contribution in [0.1, 0.15) is 23.1 Å². The highest BCUT2D eigenvalue weighted by Crippen LogP contribution is 2.21. The number of anilines is 1. The molecule has 0 aliphatic rings. The van der Waals surface area contributed by atoms with E-state index in [1.54, 1.807) is 6.92 Å². The summed E-state index contributed by atoms with van der Waals surface area (Å²) in [5.74, 6) is 1.15. The van der Waals surface area contributed by atoms with Gasteiger partial charge in [-0.2, -0.15) is 0 Å².